The average Bonchev–Trinajstić information content (AvgIpc) is 2.54. The normalized spacial score (nSPS) is 11.0. The molecule has 0 saturated heterocycles. The van der Waals surface area contributed by atoms with Crippen LogP contribution in [0.1, 0.15) is 11.1 Å². The number of benzene rings is 2. The third-order valence-corrected chi connectivity index (χ3v) is 3.01. The van der Waals surface area contributed by atoms with Crippen LogP contribution < -0.4 is 4.74 Å². The van der Waals surface area contributed by atoms with Crippen LogP contribution in [-0.4, -0.2) is 25.3 Å². The Morgan fingerprint density at radius 1 is 1.00 bits per heavy atom. The van der Waals surface area contributed by atoms with E-state index in [1.807, 2.05) is 0 Å². The summed E-state index contributed by atoms with van der Waals surface area (Å²) in [5.74, 6) is 0.469. The van der Waals surface area contributed by atoms with Crippen LogP contribution in [0.25, 0.3) is 11.6 Å². The second-order valence-electron chi connectivity index (χ2n) is 4.37. The van der Waals surface area contributed by atoms with Gasteiger partial charge in [-0.3, -0.25) is 0 Å². The van der Waals surface area contributed by atoms with Crippen LogP contribution in [0.2, 0.25) is 0 Å². The first kappa shape index (κ1) is 14.7. The summed E-state index contributed by atoms with van der Waals surface area (Å²) in [5, 5.41) is 9.29. The Morgan fingerprint density at radius 3 is 2.14 bits per heavy atom. The van der Waals surface area contributed by atoms with Gasteiger partial charge >= 0.3 is 5.97 Å². The molecule has 0 atom stereocenters. The fourth-order valence-corrected chi connectivity index (χ4v) is 1.88. The van der Waals surface area contributed by atoms with E-state index in [2.05, 4.69) is 0 Å². The number of carbonyl (C=O) groups excluding carboxylic acids is 1. The summed E-state index contributed by atoms with van der Waals surface area (Å²) in [4.78, 5) is 12.0. The highest BCUT2D eigenvalue weighted by molar-refractivity contribution is 6.21. The molecule has 0 spiro atoms. The number of methoxy groups -OCH3 is 2. The number of hydrogen-bond donors (Lipinski definition) is 1. The molecule has 2 rings (SSSR count). The molecule has 0 radical (unpaired) electrons. The Morgan fingerprint density at radius 2 is 1.62 bits per heavy atom. The maximum Gasteiger partial charge on any atom is 0.338 e. The Labute approximate surface area is 123 Å². The van der Waals surface area contributed by atoms with Crippen LogP contribution in [-0.2, 0) is 9.53 Å². The maximum absolute atomic E-state index is 12.0. The third-order valence-electron chi connectivity index (χ3n) is 3.01. The maximum atomic E-state index is 12.0. The van der Waals surface area contributed by atoms with Crippen LogP contribution in [0.3, 0.4) is 0 Å². The monoisotopic (exact) mass is 284 g/mol. The Bertz CT molecular complexity index is 639. The largest absolute Gasteiger partial charge is 0.508 e. The molecule has 108 valence electrons. The molecule has 4 nitrogen and oxygen atoms in total. The summed E-state index contributed by atoms with van der Waals surface area (Å²) in [5.41, 5.74) is 1.96. The molecule has 2 aromatic carbocycles. The van der Waals surface area contributed by atoms with Gasteiger partial charge in [0.15, 0.2) is 0 Å². The van der Waals surface area contributed by atoms with Crippen molar-refractivity contribution in [2.24, 2.45) is 0 Å². The van der Waals surface area contributed by atoms with Crippen molar-refractivity contribution in [1.29, 1.82) is 0 Å². The Hall–Kier alpha value is -2.75. The van der Waals surface area contributed by atoms with Gasteiger partial charge in [-0.1, -0.05) is 24.3 Å². The summed E-state index contributed by atoms with van der Waals surface area (Å²) in [7, 11) is 2.93. The van der Waals surface area contributed by atoms with Crippen molar-refractivity contribution < 1.29 is 19.4 Å². The van der Waals surface area contributed by atoms with E-state index in [1.54, 1.807) is 61.7 Å². The van der Waals surface area contributed by atoms with Crippen molar-refractivity contribution >= 4 is 17.6 Å². The van der Waals surface area contributed by atoms with E-state index in [-0.39, 0.29) is 5.75 Å². The lowest BCUT2D eigenvalue weighted by atomic mass is 10.0. The van der Waals surface area contributed by atoms with Crippen molar-refractivity contribution in [1.82, 2.24) is 0 Å². The number of rotatable bonds is 4. The fourth-order valence-electron chi connectivity index (χ4n) is 1.88. The standard InChI is InChI=1S/C17H16O4/c1-20-15-9-5-13(6-10-15)16(17(19)21-2)11-12-3-7-14(18)8-4-12/h3-11,18H,1-2H3/b16-11+. The predicted octanol–water partition coefficient (Wildman–Crippen LogP) is 3.11. The second kappa shape index (κ2) is 6.61. The van der Waals surface area contributed by atoms with E-state index in [1.165, 1.54) is 7.11 Å². The van der Waals surface area contributed by atoms with Crippen LogP contribution in [0.15, 0.2) is 48.5 Å². The number of ether oxygens (including phenoxy) is 2. The molecular formula is C17H16O4. The van der Waals surface area contributed by atoms with Crippen molar-refractivity contribution in [3.05, 3.63) is 59.7 Å². The zero-order chi connectivity index (χ0) is 15.2. The third kappa shape index (κ3) is 3.63. The summed E-state index contributed by atoms with van der Waals surface area (Å²) in [6, 6.07) is 13.7. The van der Waals surface area contributed by atoms with Crippen molar-refractivity contribution in [2.75, 3.05) is 14.2 Å². The molecule has 0 unspecified atom stereocenters. The number of esters is 1. The quantitative estimate of drug-likeness (QED) is 0.532. The van der Waals surface area contributed by atoms with Gasteiger partial charge < -0.3 is 14.6 Å². The summed E-state index contributed by atoms with van der Waals surface area (Å²) >= 11 is 0. The fraction of sp³-hybridized carbons (Fsp3) is 0.118. The molecule has 0 heterocycles. The Kier molecular flexibility index (Phi) is 4.61. The van der Waals surface area contributed by atoms with Gasteiger partial charge in [0.05, 0.1) is 19.8 Å². The summed E-state index contributed by atoms with van der Waals surface area (Å²) in [6.45, 7) is 0. The average molecular weight is 284 g/mol. The van der Waals surface area contributed by atoms with Crippen molar-refractivity contribution in [3.8, 4) is 11.5 Å². The van der Waals surface area contributed by atoms with E-state index in [0.29, 0.717) is 11.3 Å². The molecule has 0 fully saturated rings. The van der Waals surface area contributed by atoms with Crippen LogP contribution in [0.4, 0.5) is 0 Å². The zero-order valence-electron chi connectivity index (χ0n) is 11.9. The smallest absolute Gasteiger partial charge is 0.338 e. The first-order valence-electron chi connectivity index (χ1n) is 6.37. The molecule has 4 heteroatoms. The number of aromatic hydroxyl groups is 1. The van der Waals surface area contributed by atoms with Gasteiger partial charge in [0.1, 0.15) is 11.5 Å². The minimum atomic E-state index is -0.423. The highest BCUT2D eigenvalue weighted by Gasteiger charge is 2.12. The molecule has 0 aromatic heterocycles. The van der Waals surface area contributed by atoms with Crippen LogP contribution >= 0.6 is 0 Å². The minimum Gasteiger partial charge on any atom is -0.508 e. The van der Waals surface area contributed by atoms with Crippen molar-refractivity contribution in [3.63, 3.8) is 0 Å². The number of hydrogen-bond acceptors (Lipinski definition) is 4. The molecule has 2 aromatic rings. The van der Waals surface area contributed by atoms with E-state index in [9.17, 15) is 9.90 Å². The topological polar surface area (TPSA) is 55.8 Å². The van der Waals surface area contributed by atoms with E-state index in [4.69, 9.17) is 9.47 Å². The summed E-state index contributed by atoms with van der Waals surface area (Å²) in [6.07, 6.45) is 1.72. The lowest BCUT2D eigenvalue weighted by Gasteiger charge is -2.07. The first-order valence-corrected chi connectivity index (χ1v) is 6.37. The van der Waals surface area contributed by atoms with Gasteiger partial charge in [0.25, 0.3) is 0 Å². The highest BCUT2D eigenvalue weighted by Crippen LogP contribution is 2.23. The van der Waals surface area contributed by atoms with Gasteiger partial charge in [-0.2, -0.15) is 0 Å². The van der Waals surface area contributed by atoms with Gasteiger partial charge in [-0.25, -0.2) is 4.79 Å². The number of phenolic OH excluding ortho intramolecular Hbond substituents is 1. The van der Waals surface area contributed by atoms with E-state index in [0.717, 1.165) is 11.1 Å². The van der Waals surface area contributed by atoms with Crippen molar-refractivity contribution in [2.45, 2.75) is 0 Å². The first-order chi connectivity index (χ1) is 10.1. The second-order valence-corrected chi connectivity index (χ2v) is 4.37. The number of carbonyl (C=O) groups is 1. The lowest BCUT2D eigenvalue weighted by Crippen LogP contribution is -2.03. The molecule has 1 N–H and O–H groups in total. The number of phenols is 1. The SMILES string of the molecule is COC(=O)/C(=C/c1ccc(O)cc1)c1ccc(OC)cc1. The molecule has 0 aliphatic rings. The lowest BCUT2D eigenvalue weighted by molar-refractivity contribution is -0.133. The highest BCUT2D eigenvalue weighted by atomic mass is 16.5. The molecule has 0 saturated carbocycles. The van der Waals surface area contributed by atoms with Crippen LogP contribution in [0, 0.1) is 0 Å². The minimum absolute atomic E-state index is 0.177. The van der Waals surface area contributed by atoms with E-state index < -0.39 is 5.97 Å². The molecule has 0 aliphatic heterocycles. The molecule has 0 bridgehead atoms. The van der Waals surface area contributed by atoms with Gasteiger partial charge in [-0.15, -0.1) is 0 Å². The molecular weight excluding hydrogens is 268 g/mol. The molecule has 21 heavy (non-hydrogen) atoms. The van der Waals surface area contributed by atoms with Gasteiger partial charge in [0.2, 0.25) is 0 Å². The molecule has 0 amide bonds. The molecule has 0 aliphatic carbocycles. The van der Waals surface area contributed by atoms with Crippen LogP contribution in [0.5, 0.6) is 11.5 Å². The van der Waals surface area contributed by atoms with E-state index >= 15 is 0 Å². The van der Waals surface area contributed by atoms with Gasteiger partial charge in [-0.05, 0) is 41.5 Å². The summed E-state index contributed by atoms with van der Waals surface area (Å²) < 4.78 is 9.94. The Balaban J connectivity index is 2.42. The van der Waals surface area contributed by atoms with Gasteiger partial charge in [0, 0.05) is 0 Å². The predicted molar refractivity (Wildman–Crippen MR) is 81.0 cm³/mol. The zero-order valence-corrected chi connectivity index (χ0v) is 11.9.